The van der Waals surface area contributed by atoms with Gasteiger partial charge in [-0.1, -0.05) is 41.9 Å². The van der Waals surface area contributed by atoms with Gasteiger partial charge in [0.1, 0.15) is 5.66 Å². The van der Waals surface area contributed by atoms with Crippen LogP contribution in [0.3, 0.4) is 0 Å². The summed E-state index contributed by atoms with van der Waals surface area (Å²) in [4.78, 5) is 13.9. The maximum Gasteiger partial charge on any atom is 0.313 e. The number of anilines is 1. The first-order chi connectivity index (χ1) is 12.0. The molecule has 1 fully saturated rings. The Kier molecular flexibility index (Phi) is 5.46. The maximum atomic E-state index is 11.5. The van der Waals surface area contributed by atoms with Gasteiger partial charge in [-0.25, -0.2) is 4.79 Å². The van der Waals surface area contributed by atoms with Crippen molar-refractivity contribution < 1.29 is 4.79 Å². The molecule has 4 N–H and O–H groups in total. The number of carbonyl (C=O) groups is 1. The number of likely N-dealkylation sites (tertiary alicyclic amines) is 1. The van der Waals surface area contributed by atoms with E-state index in [2.05, 4.69) is 39.8 Å². The van der Waals surface area contributed by atoms with Gasteiger partial charge in [-0.15, -0.1) is 0 Å². The predicted octanol–water partition coefficient (Wildman–Crippen LogP) is 3.41. The van der Waals surface area contributed by atoms with Crippen LogP contribution in [0, 0.1) is 0 Å². The fourth-order valence-electron chi connectivity index (χ4n) is 3.26. The molecule has 1 heterocycles. The van der Waals surface area contributed by atoms with Crippen LogP contribution in [0.2, 0.25) is 5.02 Å². The molecule has 5 nitrogen and oxygen atoms in total. The van der Waals surface area contributed by atoms with Crippen LogP contribution in [-0.2, 0) is 6.54 Å². The topological polar surface area (TPSA) is 70.4 Å². The molecular weight excluding hydrogens is 336 g/mol. The van der Waals surface area contributed by atoms with Crippen LogP contribution in [0.4, 0.5) is 10.5 Å². The summed E-state index contributed by atoms with van der Waals surface area (Å²) in [5.41, 5.74) is 7.09. The number of rotatable bonds is 5. The molecule has 0 aromatic heterocycles. The fraction of sp³-hybridized carbons (Fsp3) is 0.316. The molecule has 1 aliphatic heterocycles. The number of nitrogens with zero attached hydrogens (tertiary/aromatic N) is 1. The number of piperidine rings is 1. The van der Waals surface area contributed by atoms with E-state index in [1.54, 1.807) is 0 Å². The molecule has 0 saturated carbocycles. The van der Waals surface area contributed by atoms with Crippen molar-refractivity contribution in [1.29, 1.82) is 0 Å². The van der Waals surface area contributed by atoms with E-state index in [-0.39, 0.29) is 0 Å². The van der Waals surface area contributed by atoms with Gasteiger partial charge < -0.3 is 16.4 Å². The van der Waals surface area contributed by atoms with Crippen molar-refractivity contribution in [3.63, 3.8) is 0 Å². The average molecular weight is 359 g/mol. The van der Waals surface area contributed by atoms with Gasteiger partial charge in [0.15, 0.2) is 0 Å². The number of benzene rings is 2. The molecule has 0 aliphatic carbocycles. The second-order valence-corrected chi connectivity index (χ2v) is 6.90. The van der Waals surface area contributed by atoms with Gasteiger partial charge in [0, 0.05) is 43.2 Å². The Bertz CT molecular complexity index is 697. The molecule has 2 amide bonds. The molecule has 6 heteroatoms. The van der Waals surface area contributed by atoms with Crippen LogP contribution in [-0.4, -0.2) is 29.7 Å². The summed E-state index contributed by atoms with van der Waals surface area (Å²) in [6, 6.07) is 17.4. The zero-order chi connectivity index (χ0) is 17.7. The Morgan fingerprint density at radius 3 is 2.32 bits per heavy atom. The minimum atomic E-state index is -0.535. The normalized spacial score (nSPS) is 17.0. The van der Waals surface area contributed by atoms with Crippen LogP contribution in [0.25, 0.3) is 0 Å². The van der Waals surface area contributed by atoms with E-state index >= 15 is 0 Å². The zero-order valence-electron chi connectivity index (χ0n) is 14.0. The molecular formula is C19H23ClN4O. The summed E-state index contributed by atoms with van der Waals surface area (Å²) < 4.78 is 0. The Hall–Kier alpha value is -2.24. The highest BCUT2D eigenvalue weighted by atomic mass is 35.5. The molecule has 25 heavy (non-hydrogen) atoms. The highest BCUT2D eigenvalue weighted by Crippen LogP contribution is 2.26. The number of carbonyl (C=O) groups excluding carboxylic acids is 1. The minimum Gasteiger partial charge on any atom is -0.363 e. The SMILES string of the molecule is NC(=O)NC1(Nc2ccc(Cl)cc2)CCN(Cc2ccccc2)CC1. The van der Waals surface area contributed by atoms with Crippen LogP contribution < -0.4 is 16.4 Å². The van der Waals surface area contributed by atoms with E-state index < -0.39 is 11.7 Å². The number of hydrogen-bond donors (Lipinski definition) is 3. The van der Waals surface area contributed by atoms with Crippen LogP contribution in [0.5, 0.6) is 0 Å². The fourth-order valence-corrected chi connectivity index (χ4v) is 3.39. The van der Waals surface area contributed by atoms with E-state index in [1.165, 1.54) is 5.56 Å². The standard InChI is InChI=1S/C19H23ClN4O/c20-16-6-8-17(9-7-16)22-19(23-18(21)25)10-12-24(13-11-19)14-15-4-2-1-3-5-15/h1-9,22H,10-14H2,(H3,21,23,25). The summed E-state index contributed by atoms with van der Waals surface area (Å²) in [6.07, 6.45) is 1.54. The monoisotopic (exact) mass is 358 g/mol. The lowest BCUT2D eigenvalue weighted by Gasteiger charge is -2.43. The number of amides is 2. The van der Waals surface area contributed by atoms with Crippen molar-refractivity contribution in [3.8, 4) is 0 Å². The molecule has 3 rings (SSSR count). The smallest absolute Gasteiger partial charge is 0.313 e. The van der Waals surface area contributed by atoms with E-state index in [0.717, 1.165) is 38.2 Å². The first-order valence-electron chi connectivity index (χ1n) is 8.42. The van der Waals surface area contributed by atoms with Gasteiger partial charge in [0.25, 0.3) is 0 Å². The Labute approximate surface area is 153 Å². The van der Waals surface area contributed by atoms with Gasteiger partial charge in [-0.3, -0.25) is 4.90 Å². The number of halogens is 1. The van der Waals surface area contributed by atoms with Crippen molar-refractivity contribution in [2.75, 3.05) is 18.4 Å². The molecule has 1 aliphatic rings. The second-order valence-electron chi connectivity index (χ2n) is 6.46. The molecule has 2 aromatic rings. The molecule has 0 radical (unpaired) electrons. The lowest BCUT2D eigenvalue weighted by Crippen LogP contribution is -2.61. The molecule has 0 atom stereocenters. The van der Waals surface area contributed by atoms with Gasteiger partial charge >= 0.3 is 6.03 Å². The van der Waals surface area contributed by atoms with Crippen molar-refractivity contribution in [3.05, 3.63) is 65.2 Å². The highest BCUT2D eigenvalue weighted by molar-refractivity contribution is 6.30. The lowest BCUT2D eigenvalue weighted by molar-refractivity contribution is 0.149. The van der Waals surface area contributed by atoms with Gasteiger partial charge in [-0.2, -0.15) is 0 Å². The Morgan fingerprint density at radius 1 is 1.08 bits per heavy atom. The molecule has 0 bridgehead atoms. The van der Waals surface area contributed by atoms with Gasteiger partial charge in [-0.05, 0) is 29.8 Å². The zero-order valence-corrected chi connectivity index (χ0v) is 14.8. The van der Waals surface area contributed by atoms with Crippen molar-refractivity contribution >= 4 is 23.3 Å². The maximum absolute atomic E-state index is 11.5. The van der Waals surface area contributed by atoms with E-state index in [9.17, 15) is 4.79 Å². The number of primary amides is 1. The largest absolute Gasteiger partial charge is 0.363 e. The second kappa shape index (κ2) is 7.76. The number of hydrogen-bond acceptors (Lipinski definition) is 3. The van der Waals surface area contributed by atoms with E-state index in [4.69, 9.17) is 17.3 Å². The lowest BCUT2D eigenvalue weighted by atomic mass is 9.95. The summed E-state index contributed by atoms with van der Waals surface area (Å²) in [7, 11) is 0. The van der Waals surface area contributed by atoms with Gasteiger partial charge in [0.2, 0.25) is 0 Å². The third-order valence-electron chi connectivity index (χ3n) is 4.55. The number of nitrogens with two attached hydrogens (primary N) is 1. The third kappa shape index (κ3) is 4.87. The summed E-state index contributed by atoms with van der Waals surface area (Å²) in [5, 5.41) is 7.03. The number of urea groups is 1. The van der Waals surface area contributed by atoms with Crippen molar-refractivity contribution in [2.24, 2.45) is 5.73 Å². The third-order valence-corrected chi connectivity index (χ3v) is 4.80. The predicted molar refractivity (Wildman–Crippen MR) is 101 cm³/mol. The molecule has 0 spiro atoms. The Balaban J connectivity index is 1.66. The molecule has 1 saturated heterocycles. The van der Waals surface area contributed by atoms with Crippen LogP contribution in [0.15, 0.2) is 54.6 Å². The first kappa shape index (κ1) is 17.6. The first-order valence-corrected chi connectivity index (χ1v) is 8.80. The summed E-state index contributed by atoms with van der Waals surface area (Å²) >= 11 is 5.95. The minimum absolute atomic E-state index is 0.516. The highest BCUT2D eigenvalue weighted by Gasteiger charge is 2.35. The van der Waals surface area contributed by atoms with Crippen molar-refractivity contribution in [2.45, 2.75) is 25.0 Å². The molecule has 2 aromatic carbocycles. The van der Waals surface area contributed by atoms with Crippen LogP contribution in [0.1, 0.15) is 18.4 Å². The van der Waals surface area contributed by atoms with Crippen molar-refractivity contribution in [1.82, 2.24) is 10.2 Å². The molecule has 0 unspecified atom stereocenters. The molecule has 132 valence electrons. The number of nitrogens with one attached hydrogen (secondary N) is 2. The average Bonchev–Trinajstić information content (AvgIpc) is 2.60. The van der Waals surface area contributed by atoms with E-state index in [1.807, 2.05) is 30.3 Å². The van der Waals surface area contributed by atoms with E-state index in [0.29, 0.717) is 5.02 Å². The van der Waals surface area contributed by atoms with Crippen LogP contribution >= 0.6 is 11.6 Å². The van der Waals surface area contributed by atoms with Gasteiger partial charge in [0.05, 0.1) is 0 Å². The Morgan fingerprint density at radius 2 is 1.72 bits per heavy atom. The quantitative estimate of drug-likeness (QED) is 0.717. The summed E-state index contributed by atoms with van der Waals surface area (Å²) in [6.45, 7) is 2.65. The summed E-state index contributed by atoms with van der Waals surface area (Å²) in [5.74, 6) is 0.